The molecule has 0 spiro atoms. The van der Waals surface area contributed by atoms with Gasteiger partial charge in [0, 0.05) is 24.8 Å². The van der Waals surface area contributed by atoms with E-state index in [-0.39, 0.29) is 0 Å². The van der Waals surface area contributed by atoms with Gasteiger partial charge in [-0.3, -0.25) is 0 Å². The molecule has 1 aromatic carbocycles. The summed E-state index contributed by atoms with van der Waals surface area (Å²) in [6.07, 6.45) is 7.86. The van der Waals surface area contributed by atoms with E-state index >= 15 is 0 Å². The number of hydrogen-bond acceptors (Lipinski definition) is 0. The number of unbranched alkanes of at least 4 members (excludes halogenated alkanes) is 5. The summed E-state index contributed by atoms with van der Waals surface area (Å²) in [4.78, 5) is 0. The van der Waals surface area contributed by atoms with Crippen LogP contribution in [0.15, 0.2) is 30.3 Å². The molecule has 0 nitrogen and oxygen atoms in total. The van der Waals surface area contributed by atoms with Gasteiger partial charge in [0.25, 0.3) is 0 Å². The highest BCUT2D eigenvalue weighted by atomic mass is 13.9. The summed E-state index contributed by atoms with van der Waals surface area (Å²) < 4.78 is 0. The lowest BCUT2D eigenvalue weighted by atomic mass is 10.1. The molecule has 0 saturated carbocycles. The minimum atomic E-state index is 0.978. The highest BCUT2D eigenvalue weighted by Gasteiger charge is 1.84. The average molecular weight is 238 g/mol. The zero-order chi connectivity index (χ0) is 12.9. The molecule has 0 saturated heterocycles. The van der Waals surface area contributed by atoms with Crippen LogP contribution in [0, 0.1) is 23.7 Å². The van der Waals surface area contributed by atoms with Crippen LogP contribution >= 0.6 is 0 Å². The molecule has 0 aliphatic heterocycles. The molecule has 0 aromatic heterocycles. The summed E-state index contributed by atoms with van der Waals surface area (Å²) in [5, 5.41) is 0. The summed E-state index contributed by atoms with van der Waals surface area (Å²) in [6, 6.07) is 10.2. The molecule has 94 valence electrons. The standard InChI is InChI=1S/C18H22/c1-2-3-4-5-6-7-8-9-10-12-15-18-16-13-11-14-17-18/h11,13-14,16-17H,2-4,7-10H2,1H3. The largest absolute Gasteiger partial charge is 0.103 e. The van der Waals surface area contributed by atoms with Crippen molar-refractivity contribution in [3.8, 4) is 23.7 Å². The Labute approximate surface area is 112 Å². The van der Waals surface area contributed by atoms with Crippen LogP contribution in [0.1, 0.15) is 57.4 Å². The Morgan fingerprint density at radius 2 is 1.39 bits per heavy atom. The van der Waals surface area contributed by atoms with Crippen LogP contribution in [0.3, 0.4) is 0 Å². The first kappa shape index (κ1) is 14.4. The Hall–Kier alpha value is -1.66. The van der Waals surface area contributed by atoms with E-state index in [0.29, 0.717) is 0 Å². The molecule has 1 aromatic rings. The molecule has 0 heteroatoms. The van der Waals surface area contributed by atoms with Crippen molar-refractivity contribution in [2.45, 2.75) is 51.9 Å². The number of benzene rings is 1. The van der Waals surface area contributed by atoms with Crippen LogP contribution in [-0.2, 0) is 0 Å². The Morgan fingerprint density at radius 3 is 2.06 bits per heavy atom. The van der Waals surface area contributed by atoms with Crippen molar-refractivity contribution in [1.29, 1.82) is 0 Å². The Morgan fingerprint density at radius 1 is 0.778 bits per heavy atom. The fourth-order valence-corrected chi connectivity index (χ4v) is 1.55. The lowest BCUT2D eigenvalue weighted by Crippen LogP contribution is -1.75. The summed E-state index contributed by atoms with van der Waals surface area (Å²) in [6.45, 7) is 2.20. The van der Waals surface area contributed by atoms with Gasteiger partial charge in [-0.2, -0.15) is 0 Å². The summed E-state index contributed by atoms with van der Waals surface area (Å²) in [7, 11) is 0. The predicted molar refractivity (Wildman–Crippen MR) is 79.1 cm³/mol. The van der Waals surface area contributed by atoms with Crippen molar-refractivity contribution in [2.24, 2.45) is 0 Å². The zero-order valence-electron chi connectivity index (χ0n) is 11.3. The second kappa shape index (κ2) is 10.5. The molecule has 0 heterocycles. The highest BCUT2D eigenvalue weighted by Crippen LogP contribution is 2.00. The molecule has 0 amide bonds. The molecular formula is C18H22. The third-order valence-corrected chi connectivity index (χ3v) is 2.64. The van der Waals surface area contributed by atoms with Gasteiger partial charge >= 0.3 is 0 Å². The maximum absolute atomic E-state index is 3.23. The lowest BCUT2D eigenvalue weighted by molar-refractivity contribution is 0.780. The van der Waals surface area contributed by atoms with Gasteiger partial charge in [0.1, 0.15) is 0 Å². The van der Waals surface area contributed by atoms with Gasteiger partial charge in [0.05, 0.1) is 0 Å². The van der Waals surface area contributed by atoms with E-state index in [1.165, 1.54) is 19.3 Å². The predicted octanol–water partition coefficient (Wildman–Crippen LogP) is 4.79. The molecule has 0 atom stereocenters. The van der Waals surface area contributed by atoms with Crippen molar-refractivity contribution < 1.29 is 0 Å². The first-order valence-electron chi connectivity index (χ1n) is 6.93. The fraction of sp³-hybridized carbons (Fsp3) is 0.444. The first-order chi connectivity index (χ1) is 8.93. The van der Waals surface area contributed by atoms with Gasteiger partial charge in [-0.05, 0) is 31.4 Å². The molecular weight excluding hydrogens is 216 g/mol. The Bertz CT molecular complexity index is 420. The molecule has 0 bridgehead atoms. The van der Waals surface area contributed by atoms with Gasteiger partial charge in [-0.25, -0.2) is 0 Å². The van der Waals surface area contributed by atoms with Crippen LogP contribution in [0.25, 0.3) is 0 Å². The lowest BCUT2D eigenvalue weighted by Gasteiger charge is -1.90. The molecule has 0 fully saturated rings. The second-order valence-electron chi connectivity index (χ2n) is 4.33. The van der Waals surface area contributed by atoms with E-state index < -0.39 is 0 Å². The van der Waals surface area contributed by atoms with E-state index in [2.05, 4.69) is 30.6 Å². The zero-order valence-corrected chi connectivity index (χ0v) is 11.3. The Balaban J connectivity index is 2.05. The monoisotopic (exact) mass is 238 g/mol. The molecule has 18 heavy (non-hydrogen) atoms. The fourth-order valence-electron chi connectivity index (χ4n) is 1.55. The van der Waals surface area contributed by atoms with Crippen LogP contribution < -0.4 is 0 Å². The van der Waals surface area contributed by atoms with Gasteiger partial charge < -0.3 is 0 Å². The first-order valence-corrected chi connectivity index (χ1v) is 6.93. The maximum atomic E-state index is 3.23. The molecule has 0 unspecified atom stereocenters. The normalized spacial score (nSPS) is 8.94. The average Bonchev–Trinajstić information content (AvgIpc) is 2.42. The molecule has 0 aliphatic rings. The van der Waals surface area contributed by atoms with Gasteiger partial charge in [0.2, 0.25) is 0 Å². The maximum Gasteiger partial charge on any atom is 0.0245 e. The van der Waals surface area contributed by atoms with E-state index in [0.717, 1.165) is 31.2 Å². The summed E-state index contributed by atoms with van der Waals surface area (Å²) in [5.74, 6) is 12.8. The number of hydrogen-bond donors (Lipinski definition) is 0. The van der Waals surface area contributed by atoms with Gasteiger partial charge in [-0.1, -0.05) is 43.4 Å². The van der Waals surface area contributed by atoms with Crippen molar-refractivity contribution in [2.75, 3.05) is 0 Å². The SMILES string of the molecule is CCCCC#CCCCCC#Cc1ccccc1. The van der Waals surface area contributed by atoms with Crippen LogP contribution in [0.2, 0.25) is 0 Å². The van der Waals surface area contributed by atoms with Gasteiger partial charge in [0.15, 0.2) is 0 Å². The van der Waals surface area contributed by atoms with E-state index in [9.17, 15) is 0 Å². The van der Waals surface area contributed by atoms with Crippen LogP contribution in [-0.4, -0.2) is 0 Å². The molecule has 0 radical (unpaired) electrons. The molecule has 0 N–H and O–H groups in total. The smallest absolute Gasteiger partial charge is 0.0245 e. The third kappa shape index (κ3) is 7.59. The Kier molecular flexibility index (Phi) is 8.39. The summed E-state index contributed by atoms with van der Waals surface area (Å²) in [5.41, 5.74) is 1.11. The van der Waals surface area contributed by atoms with E-state index in [1.807, 2.05) is 30.3 Å². The minimum absolute atomic E-state index is 0.978. The second-order valence-corrected chi connectivity index (χ2v) is 4.33. The van der Waals surface area contributed by atoms with Gasteiger partial charge in [-0.15, -0.1) is 11.8 Å². The van der Waals surface area contributed by atoms with Crippen molar-refractivity contribution in [1.82, 2.24) is 0 Å². The molecule has 0 aliphatic carbocycles. The van der Waals surface area contributed by atoms with Crippen molar-refractivity contribution >= 4 is 0 Å². The molecule has 1 rings (SSSR count). The summed E-state index contributed by atoms with van der Waals surface area (Å²) >= 11 is 0. The quantitative estimate of drug-likeness (QED) is 0.511. The highest BCUT2D eigenvalue weighted by molar-refractivity contribution is 5.33. The third-order valence-electron chi connectivity index (χ3n) is 2.64. The topological polar surface area (TPSA) is 0 Å². The van der Waals surface area contributed by atoms with E-state index in [1.54, 1.807) is 0 Å². The van der Waals surface area contributed by atoms with Crippen molar-refractivity contribution in [3.05, 3.63) is 35.9 Å². The van der Waals surface area contributed by atoms with E-state index in [4.69, 9.17) is 0 Å². The van der Waals surface area contributed by atoms with Crippen molar-refractivity contribution in [3.63, 3.8) is 0 Å². The van der Waals surface area contributed by atoms with Crippen LogP contribution in [0.4, 0.5) is 0 Å². The minimum Gasteiger partial charge on any atom is -0.103 e. The van der Waals surface area contributed by atoms with Crippen LogP contribution in [0.5, 0.6) is 0 Å². The number of rotatable bonds is 5.